The summed E-state index contributed by atoms with van der Waals surface area (Å²) in [6.07, 6.45) is 2.07. The maximum atomic E-state index is 12.8. The molecule has 23 heavy (non-hydrogen) atoms. The largest absolute Gasteiger partial charge is 0.393 e. The van der Waals surface area contributed by atoms with Gasteiger partial charge in [0.25, 0.3) is 5.56 Å². The van der Waals surface area contributed by atoms with Crippen LogP contribution in [0.1, 0.15) is 17.5 Å². The Kier molecular flexibility index (Phi) is 4.28. The Balaban J connectivity index is 2.17. The standard InChI is InChI=1S/C17H17N3OS2/c1-10-3-4-12(11(2)7-10)13-8-23-16-15(13)17(21)20(9-19-16)6-5-14(18)22/h3-4,7-9H,5-6H2,1-2H3,(H2,18,22). The predicted molar refractivity (Wildman–Crippen MR) is 100 cm³/mol. The lowest BCUT2D eigenvalue weighted by molar-refractivity contribution is 0.688. The first-order chi connectivity index (χ1) is 11.0. The van der Waals surface area contributed by atoms with E-state index < -0.39 is 0 Å². The van der Waals surface area contributed by atoms with E-state index in [2.05, 4.69) is 37.0 Å². The summed E-state index contributed by atoms with van der Waals surface area (Å²) in [7, 11) is 0. The highest BCUT2D eigenvalue weighted by atomic mass is 32.1. The minimum absolute atomic E-state index is 0.0394. The van der Waals surface area contributed by atoms with Crippen molar-refractivity contribution in [2.24, 2.45) is 5.73 Å². The van der Waals surface area contributed by atoms with Crippen molar-refractivity contribution in [1.29, 1.82) is 0 Å². The van der Waals surface area contributed by atoms with Crippen molar-refractivity contribution in [3.63, 3.8) is 0 Å². The van der Waals surface area contributed by atoms with E-state index >= 15 is 0 Å². The summed E-state index contributed by atoms with van der Waals surface area (Å²) in [6.45, 7) is 4.58. The summed E-state index contributed by atoms with van der Waals surface area (Å²) in [5.41, 5.74) is 9.88. The summed E-state index contributed by atoms with van der Waals surface area (Å²) < 4.78 is 1.58. The molecule has 118 valence electrons. The quantitative estimate of drug-likeness (QED) is 0.738. The Bertz CT molecular complexity index is 956. The molecule has 4 nitrogen and oxygen atoms in total. The number of nitrogens with zero attached hydrogens (tertiary/aromatic N) is 2. The minimum Gasteiger partial charge on any atom is -0.393 e. The van der Waals surface area contributed by atoms with Crippen LogP contribution in [0.2, 0.25) is 0 Å². The van der Waals surface area contributed by atoms with Crippen LogP contribution in [0.15, 0.2) is 34.7 Å². The van der Waals surface area contributed by atoms with Gasteiger partial charge in [0.1, 0.15) is 4.83 Å². The molecular formula is C17H17N3OS2. The van der Waals surface area contributed by atoms with E-state index in [1.165, 1.54) is 16.9 Å². The summed E-state index contributed by atoms with van der Waals surface area (Å²) >= 11 is 6.39. The highest BCUT2D eigenvalue weighted by molar-refractivity contribution is 7.80. The molecule has 6 heteroatoms. The number of thiophene rings is 1. The van der Waals surface area contributed by atoms with Gasteiger partial charge in [0, 0.05) is 23.9 Å². The van der Waals surface area contributed by atoms with Crippen molar-refractivity contribution in [1.82, 2.24) is 9.55 Å². The lowest BCUT2D eigenvalue weighted by Crippen LogP contribution is -2.23. The number of rotatable bonds is 4. The van der Waals surface area contributed by atoms with Crippen LogP contribution in [0.3, 0.4) is 0 Å². The molecule has 0 amide bonds. The fourth-order valence-electron chi connectivity index (χ4n) is 2.67. The molecule has 0 saturated carbocycles. The highest BCUT2D eigenvalue weighted by Gasteiger charge is 2.14. The van der Waals surface area contributed by atoms with Crippen molar-refractivity contribution in [2.45, 2.75) is 26.8 Å². The van der Waals surface area contributed by atoms with Crippen LogP contribution in [0.5, 0.6) is 0 Å². The monoisotopic (exact) mass is 343 g/mol. The molecule has 0 aliphatic rings. The maximum Gasteiger partial charge on any atom is 0.262 e. The lowest BCUT2D eigenvalue weighted by Gasteiger charge is -2.08. The normalized spacial score (nSPS) is 11.0. The van der Waals surface area contributed by atoms with E-state index in [0.717, 1.165) is 21.5 Å². The van der Waals surface area contributed by atoms with Crippen LogP contribution in [0.25, 0.3) is 21.3 Å². The van der Waals surface area contributed by atoms with Crippen molar-refractivity contribution >= 4 is 38.8 Å². The van der Waals surface area contributed by atoms with Crippen LogP contribution in [-0.2, 0) is 6.54 Å². The average molecular weight is 343 g/mol. The first kappa shape index (κ1) is 15.8. The molecule has 0 unspecified atom stereocenters. The zero-order chi connectivity index (χ0) is 16.6. The van der Waals surface area contributed by atoms with Gasteiger partial charge in [-0.05, 0) is 25.0 Å². The van der Waals surface area contributed by atoms with Crippen LogP contribution in [0, 0.1) is 13.8 Å². The molecule has 0 bridgehead atoms. The lowest BCUT2D eigenvalue weighted by atomic mass is 9.99. The van der Waals surface area contributed by atoms with Gasteiger partial charge in [0.2, 0.25) is 0 Å². The Labute approximate surface area is 143 Å². The second-order valence-corrected chi connectivity index (χ2v) is 6.99. The zero-order valence-electron chi connectivity index (χ0n) is 13.0. The third kappa shape index (κ3) is 3.04. The van der Waals surface area contributed by atoms with Crippen molar-refractivity contribution in [3.05, 3.63) is 51.4 Å². The number of thiocarbonyl (C=S) groups is 1. The van der Waals surface area contributed by atoms with Gasteiger partial charge in [-0.1, -0.05) is 36.0 Å². The van der Waals surface area contributed by atoms with E-state index in [1.807, 2.05) is 5.38 Å². The van der Waals surface area contributed by atoms with Crippen molar-refractivity contribution < 1.29 is 0 Å². The van der Waals surface area contributed by atoms with Gasteiger partial charge < -0.3 is 5.73 Å². The minimum atomic E-state index is -0.0394. The molecule has 2 aromatic heterocycles. The molecule has 3 rings (SSSR count). The van der Waals surface area contributed by atoms with E-state index in [9.17, 15) is 4.79 Å². The first-order valence-corrected chi connectivity index (χ1v) is 8.58. The molecule has 2 heterocycles. The molecule has 0 radical (unpaired) electrons. The Hall–Kier alpha value is -2.05. The van der Waals surface area contributed by atoms with Crippen LogP contribution in [0.4, 0.5) is 0 Å². The van der Waals surface area contributed by atoms with E-state index in [4.69, 9.17) is 18.0 Å². The number of nitrogens with two attached hydrogens (primary N) is 1. The summed E-state index contributed by atoms with van der Waals surface area (Å²) in [4.78, 5) is 18.4. The van der Waals surface area contributed by atoms with E-state index in [0.29, 0.717) is 23.3 Å². The Morgan fingerprint density at radius 3 is 2.83 bits per heavy atom. The molecule has 0 aliphatic carbocycles. The molecule has 0 aliphatic heterocycles. The van der Waals surface area contributed by atoms with Gasteiger partial charge in [-0.25, -0.2) is 4.98 Å². The SMILES string of the molecule is Cc1ccc(-c2csc3ncn(CCC(N)=S)c(=O)c23)c(C)c1. The molecule has 0 atom stereocenters. The van der Waals surface area contributed by atoms with E-state index in [1.54, 1.807) is 10.9 Å². The van der Waals surface area contributed by atoms with Crippen molar-refractivity contribution in [2.75, 3.05) is 0 Å². The number of aryl methyl sites for hydroxylation is 3. The molecule has 0 spiro atoms. The predicted octanol–water partition coefficient (Wildman–Crippen LogP) is 3.42. The van der Waals surface area contributed by atoms with Gasteiger partial charge in [-0.2, -0.15) is 0 Å². The molecule has 0 saturated heterocycles. The van der Waals surface area contributed by atoms with E-state index in [-0.39, 0.29) is 5.56 Å². The molecule has 2 N–H and O–H groups in total. The van der Waals surface area contributed by atoms with Crippen molar-refractivity contribution in [3.8, 4) is 11.1 Å². The topological polar surface area (TPSA) is 60.9 Å². The van der Waals surface area contributed by atoms with Crippen LogP contribution < -0.4 is 11.3 Å². The number of benzene rings is 1. The second kappa shape index (κ2) is 6.22. The fourth-order valence-corrected chi connectivity index (χ4v) is 3.66. The summed E-state index contributed by atoms with van der Waals surface area (Å²) in [6, 6.07) is 6.26. The smallest absolute Gasteiger partial charge is 0.262 e. The molecular weight excluding hydrogens is 326 g/mol. The second-order valence-electron chi connectivity index (χ2n) is 5.61. The zero-order valence-corrected chi connectivity index (χ0v) is 14.6. The number of hydrogen-bond acceptors (Lipinski definition) is 4. The van der Waals surface area contributed by atoms with Crippen LogP contribution >= 0.6 is 23.6 Å². The van der Waals surface area contributed by atoms with Gasteiger partial charge >= 0.3 is 0 Å². The average Bonchev–Trinajstić information content (AvgIpc) is 2.91. The third-order valence-corrected chi connectivity index (χ3v) is 4.92. The third-order valence-electron chi connectivity index (χ3n) is 3.83. The van der Waals surface area contributed by atoms with Gasteiger partial charge in [0.05, 0.1) is 16.7 Å². The fraction of sp³-hybridized carbons (Fsp3) is 0.235. The first-order valence-electron chi connectivity index (χ1n) is 7.30. The van der Waals surface area contributed by atoms with Gasteiger partial charge in [-0.3, -0.25) is 9.36 Å². The highest BCUT2D eigenvalue weighted by Crippen LogP contribution is 2.32. The maximum absolute atomic E-state index is 12.8. The number of fused-ring (bicyclic) bond motifs is 1. The molecule has 0 fully saturated rings. The molecule has 1 aromatic carbocycles. The van der Waals surface area contributed by atoms with Gasteiger partial charge in [0.15, 0.2) is 0 Å². The molecule has 3 aromatic rings. The van der Waals surface area contributed by atoms with Gasteiger partial charge in [-0.15, -0.1) is 11.3 Å². The van der Waals surface area contributed by atoms with Crippen LogP contribution in [-0.4, -0.2) is 14.5 Å². The number of aromatic nitrogens is 2. The summed E-state index contributed by atoms with van der Waals surface area (Å²) in [5.74, 6) is 0. The Morgan fingerprint density at radius 2 is 2.13 bits per heavy atom. The number of hydrogen-bond donors (Lipinski definition) is 1. The Morgan fingerprint density at radius 1 is 1.35 bits per heavy atom. The summed E-state index contributed by atoms with van der Waals surface area (Å²) in [5, 5.41) is 2.68.